The molecule has 2 N–H and O–H groups in total. The van der Waals surface area contributed by atoms with E-state index in [2.05, 4.69) is 28.8 Å². The molecule has 5 heteroatoms. The van der Waals surface area contributed by atoms with Gasteiger partial charge in [0.05, 0.1) is 6.54 Å². The number of benzene rings is 1. The molecule has 1 aromatic heterocycles. The summed E-state index contributed by atoms with van der Waals surface area (Å²) in [6.07, 6.45) is 2.58. The maximum atomic E-state index is 5.78. The lowest BCUT2D eigenvalue weighted by Gasteiger charge is -2.08. The maximum absolute atomic E-state index is 5.78. The van der Waals surface area contributed by atoms with Gasteiger partial charge in [0.15, 0.2) is 5.82 Å². The predicted octanol–water partition coefficient (Wildman–Crippen LogP) is 1.89. The molecule has 2 aromatic rings. The van der Waals surface area contributed by atoms with Crippen LogP contribution < -0.4 is 10.5 Å². The zero-order valence-corrected chi connectivity index (χ0v) is 12.5. The van der Waals surface area contributed by atoms with Crippen molar-refractivity contribution in [3.63, 3.8) is 0 Å². The normalized spacial score (nSPS) is 10.0. The highest BCUT2D eigenvalue weighted by Gasteiger charge is 2.05. The van der Waals surface area contributed by atoms with Crippen LogP contribution in [0.5, 0.6) is 5.75 Å². The molecule has 1 aromatic carbocycles. The molecule has 2 rings (SSSR count). The van der Waals surface area contributed by atoms with Crippen LogP contribution in [0.1, 0.15) is 30.3 Å². The Morgan fingerprint density at radius 3 is 2.95 bits per heavy atom. The number of nitrogens with zero attached hydrogens (tertiary/aromatic N) is 3. The summed E-state index contributed by atoms with van der Waals surface area (Å²) in [5.41, 5.74) is 7.43. The molecule has 0 aliphatic rings. The van der Waals surface area contributed by atoms with Crippen molar-refractivity contribution in [2.45, 2.75) is 33.4 Å². The SMILES string of the molecule is CCCn1ncnc1COc1ccc(C#CCN)c(C)c1. The van der Waals surface area contributed by atoms with E-state index in [0.29, 0.717) is 13.2 Å². The van der Waals surface area contributed by atoms with Crippen molar-refractivity contribution in [1.29, 1.82) is 0 Å². The van der Waals surface area contributed by atoms with E-state index in [4.69, 9.17) is 10.5 Å². The molecule has 0 aliphatic carbocycles. The molecular weight excluding hydrogens is 264 g/mol. The van der Waals surface area contributed by atoms with Gasteiger partial charge in [-0.3, -0.25) is 0 Å². The molecule has 110 valence electrons. The lowest BCUT2D eigenvalue weighted by molar-refractivity contribution is 0.286. The third-order valence-corrected chi connectivity index (χ3v) is 3.02. The van der Waals surface area contributed by atoms with Crippen LogP contribution in [0.25, 0.3) is 0 Å². The molecule has 0 atom stereocenters. The summed E-state index contributed by atoms with van der Waals surface area (Å²) in [4.78, 5) is 4.22. The molecular formula is C16H20N4O. The number of hydrogen-bond acceptors (Lipinski definition) is 4. The van der Waals surface area contributed by atoms with Gasteiger partial charge < -0.3 is 10.5 Å². The highest BCUT2D eigenvalue weighted by Crippen LogP contribution is 2.17. The summed E-state index contributed by atoms with van der Waals surface area (Å²) in [6.45, 7) is 5.74. The molecule has 0 bridgehead atoms. The van der Waals surface area contributed by atoms with Gasteiger partial charge in [-0.2, -0.15) is 5.10 Å². The smallest absolute Gasteiger partial charge is 0.164 e. The quantitative estimate of drug-likeness (QED) is 0.851. The lowest BCUT2D eigenvalue weighted by atomic mass is 10.1. The average Bonchev–Trinajstić information content (AvgIpc) is 2.92. The minimum absolute atomic E-state index is 0.366. The summed E-state index contributed by atoms with van der Waals surface area (Å²) >= 11 is 0. The molecule has 0 amide bonds. The molecule has 0 radical (unpaired) electrons. The minimum atomic E-state index is 0.366. The average molecular weight is 284 g/mol. The van der Waals surface area contributed by atoms with Crippen LogP contribution in [0.3, 0.4) is 0 Å². The highest BCUT2D eigenvalue weighted by molar-refractivity contribution is 5.44. The minimum Gasteiger partial charge on any atom is -0.486 e. The van der Waals surface area contributed by atoms with E-state index in [-0.39, 0.29) is 0 Å². The fourth-order valence-corrected chi connectivity index (χ4v) is 1.96. The first-order chi connectivity index (χ1) is 10.2. The molecule has 0 fully saturated rings. The Morgan fingerprint density at radius 2 is 2.24 bits per heavy atom. The Bertz CT molecular complexity index is 652. The molecule has 5 nitrogen and oxygen atoms in total. The van der Waals surface area contributed by atoms with E-state index in [0.717, 1.165) is 35.7 Å². The van der Waals surface area contributed by atoms with E-state index in [1.54, 1.807) is 6.33 Å². The fourth-order valence-electron chi connectivity index (χ4n) is 1.96. The first-order valence-corrected chi connectivity index (χ1v) is 7.03. The van der Waals surface area contributed by atoms with Gasteiger partial charge in [0.1, 0.15) is 18.7 Å². The molecule has 0 unspecified atom stereocenters. The van der Waals surface area contributed by atoms with E-state index in [1.807, 2.05) is 29.8 Å². The second kappa shape index (κ2) is 7.46. The van der Waals surface area contributed by atoms with Gasteiger partial charge in [0.2, 0.25) is 0 Å². The number of aryl methyl sites for hydroxylation is 2. The van der Waals surface area contributed by atoms with Crippen molar-refractivity contribution in [3.05, 3.63) is 41.5 Å². The topological polar surface area (TPSA) is 66.0 Å². The van der Waals surface area contributed by atoms with Crippen LogP contribution in [-0.4, -0.2) is 21.3 Å². The summed E-state index contributed by atoms with van der Waals surface area (Å²) in [5.74, 6) is 7.53. The van der Waals surface area contributed by atoms with E-state index >= 15 is 0 Å². The summed E-state index contributed by atoms with van der Waals surface area (Å²) in [7, 11) is 0. The second-order valence-corrected chi connectivity index (χ2v) is 4.67. The summed E-state index contributed by atoms with van der Waals surface area (Å²) in [6, 6.07) is 5.83. The fraction of sp³-hybridized carbons (Fsp3) is 0.375. The molecule has 0 aliphatic heterocycles. The molecule has 1 heterocycles. The van der Waals surface area contributed by atoms with Crippen LogP contribution in [0.15, 0.2) is 24.5 Å². The van der Waals surface area contributed by atoms with Crippen molar-refractivity contribution >= 4 is 0 Å². The predicted molar refractivity (Wildman–Crippen MR) is 81.8 cm³/mol. The van der Waals surface area contributed by atoms with Crippen LogP contribution in [-0.2, 0) is 13.2 Å². The van der Waals surface area contributed by atoms with Crippen molar-refractivity contribution in [2.75, 3.05) is 6.54 Å². The summed E-state index contributed by atoms with van der Waals surface area (Å²) < 4.78 is 7.65. The largest absolute Gasteiger partial charge is 0.486 e. The van der Waals surface area contributed by atoms with Crippen LogP contribution >= 0.6 is 0 Å². The van der Waals surface area contributed by atoms with Crippen molar-refractivity contribution in [1.82, 2.24) is 14.8 Å². The number of nitrogens with two attached hydrogens (primary N) is 1. The number of hydrogen-bond donors (Lipinski definition) is 1. The number of rotatable bonds is 5. The van der Waals surface area contributed by atoms with Crippen LogP contribution in [0.4, 0.5) is 0 Å². The zero-order chi connectivity index (χ0) is 15.1. The van der Waals surface area contributed by atoms with Crippen molar-refractivity contribution in [3.8, 4) is 17.6 Å². The van der Waals surface area contributed by atoms with Gasteiger partial charge >= 0.3 is 0 Å². The van der Waals surface area contributed by atoms with Gasteiger partial charge in [-0.25, -0.2) is 9.67 Å². The Hall–Kier alpha value is -2.32. The number of aromatic nitrogens is 3. The zero-order valence-electron chi connectivity index (χ0n) is 12.5. The maximum Gasteiger partial charge on any atom is 0.164 e. The van der Waals surface area contributed by atoms with Gasteiger partial charge in [0.25, 0.3) is 0 Å². The Morgan fingerprint density at radius 1 is 1.38 bits per heavy atom. The van der Waals surface area contributed by atoms with Crippen LogP contribution in [0.2, 0.25) is 0 Å². The van der Waals surface area contributed by atoms with Crippen molar-refractivity contribution in [2.24, 2.45) is 5.73 Å². The number of ether oxygens (including phenoxy) is 1. The standard InChI is InChI=1S/C16H20N4O/c1-3-9-20-16(18-12-19-20)11-21-15-7-6-14(5-4-8-17)13(2)10-15/h6-7,10,12H,3,8-9,11,17H2,1-2H3. The van der Waals surface area contributed by atoms with Crippen molar-refractivity contribution < 1.29 is 4.74 Å². The second-order valence-electron chi connectivity index (χ2n) is 4.67. The third-order valence-electron chi connectivity index (χ3n) is 3.02. The first kappa shape index (κ1) is 15.1. The lowest BCUT2D eigenvalue weighted by Crippen LogP contribution is -2.08. The van der Waals surface area contributed by atoms with E-state index in [1.165, 1.54) is 0 Å². The highest BCUT2D eigenvalue weighted by atomic mass is 16.5. The first-order valence-electron chi connectivity index (χ1n) is 7.03. The Balaban J connectivity index is 2.03. The van der Waals surface area contributed by atoms with Crippen LogP contribution in [0, 0.1) is 18.8 Å². The Labute approximate surface area is 125 Å². The molecule has 0 spiro atoms. The molecule has 21 heavy (non-hydrogen) atoms. The Kier molecular flexibility index (Phi) is 5.35. The summed E-state index contributed by atoms with van der Waals surface area (Å²) in [5, 5.41) is 4.18. The van der Waals surface area contributed by atoms with Gasteiger partial charge in [-0.15, -0.1) is 0 Å². The monoisotopic (exact) mass is 284 g/mol. The third kappa shape index (κ3) is 4.07. The molecule has 0 saturated carbocycles. The molecule has 0 saturated heterocycles. The van der Waals surface area contributed by atoms with Gasteiger partial charge in [-0.05, 0) is 37.1 Å². The van der Waals surface area contributed by atoms with E-state index < -0.39 is 0 Å². The van der Waals surface area contributed by atoms with E-state index in [9.17, 15) is 0 Å². The van der Waals surface area contributed by atoms with Gasteiger partial charge in [0, 0.05) is 12.1 Å². The van der Waals surface area contributed by atoms with Gasteiger partial charge in [-0.1, -0.05) is 18.8 Å².